The SMILES string of the molecule is C#CCN(c1ccc(C(=O)N[C@@H](CCC(=O)O)C(=O)O)cc1)C1CCc2cc3nc(N)[nH]c(=O)c3cc21. The van der Waals surface area contributed by atoms with Gasteiger partial charge in [-0.2, -0.15) is 0 Å². The highest BCUT2D eigenvalue weighted by atomic mass is 16.4. The van der Waals surface area contributed by atoms with Gasteiger partial charge in [0.05, 0.1) is 23.5 Å². The van der Waals surface area contributed by atoms with Crippen LogP contribution >= 0.6 is 0 Å². The number of aliphatic carboxylic acids is 2. The number of aromatic nitrogens is 2. The number of benzene rings is 2. The standard InChI is InChI=1S/C26H25N5O6/c1-2-11-31(21-9-5-15-12-20-18(13-17(15)21)24(35)30-26(27)29-20)16-6-3-14(4-7-16)23(34)28-19(25(36)37)8-10-22(32)33/h1,3-4,6-7,12-13,19,21H,5,8-11H2,(H,28,34)(H,32,33)(H,36,37)(H3,27,29,30,35)/t19-,21?/m0/s1. The molecule has 1 amide bonds. The van der Waals surface area contributed by atoms with Crippen molar-refractivity contribution in [2.75, 3.05) is 17.2 Å². The van der Waals surface area contributed by atoms with E-state index in [4.69, 9.17) is 17.3 Å². The second kappa shape index (κ2) is 10.4. The number of nitrogens with two attached hydrogens (primary N) is 1. The van der Waals surface area contributed by atoms with E-state index in [0.717, 1.165) is 29.7 Å². The van der Waals surface area contributed by atoms with Gasteiger partial charge >= 0.3 is 11.9 Å². The maximum absolute atomic E-state index is 12.6. The minimum atomic E-state index is -1.32. The molecule has 0 fully saturated rings. The molecule has 2 atom stereocenters. The Bertz CT molecular complexity index is 1470. The molecular weight excluding hydrogens is 478 g/mol. The Morgan fingerprint density at radius 3 is 2.62 bits per heavy atom. The molecule has 0 aliphatic heterocycles. The highest BCUT2D eigenvalue weighted by molar-refractivity contribution is 5.97. The van der Waals surface area contributed by atoms with Crippen LogP contribution in [0.25, 0.3) is 10.9 Å². The summed E-state index contributed by atoms with van der Waals surface area (Å²) in [5, 5.41) is 20.9. The molecular formula is C26H25N5O6. The number of carbonyl (C=O) groups excluding carboxylic acids is 1. The first-order chi connectivity index (χ1) is 17.7. The number of nitrogen functional groups attached to an aromatic ring is 1. The summed E-state index contributed by atoms with van der Waals surface area (Å²) >= 11 is 0. The third-order valence-corrected chi connectivity index (χ3v) is 6.38. The minimum Gasteiger partial charge on any atom is -0.481 e. The molecule has 0 saturated heterocycles. The maximum Gasteiger partial charge on any atom is 0.326 e. The van der Waals surface area contributed by atoms with Gasteiger partial charge < -0.3 is 26.2 Å². The molecule has 2 aromatic carbocycles. The lowest BCUT2D eigenvalue weighted by atomic mass is 10.0. The predicted molar refractivity (Wildman–Crippen MR) is 136 cm³/mol. The van der Waals surface area contributed by atoms with E-state index in [9.17, 15) is 24.3 Å². The number of nitrogens with zero attached hydrogens (tertiary/aromatic N) is 2. The maximum atomic E-state index is 12.6. The topological polar surface area (TPSA) is 179 Å². The fraction of sp³-hybridized carbons (Fsp3) is 0.269. The van der Waals surface area contributed by atoms with Gasteiger partial charge in [0, 0.05) is 17.7 Å². The molecule has 190 valence electrons. The summed E-state index contributed by atoms with van der Waals surface area (Å²) in [6.45, 7) is 0.278. The lowest BCUT2D eigenvalue weighted by molar-refractivity contribution is -0.140. The van der Waals surface area contributed by atoms with Crippen molar-refractivity contribution in [1.82, 2.24) is 15.3 Å². The summed E-state index contributed by atoms with van der Waals surface area (Å²) in [6.07, 6.45) is 6.57. The van der Waals surface area contributed by atoms with Gasteiger partial charge in [0.15, 0.2) is 0 Å². The summed E-state index contributed by atoms with van der Waals surface area (Å²) in [7, 11) is 0. The second-order valence-corrected chi connectivity index (χ2v) is 8.75. The molecule has 1 aliphatic rings. The van der Waals surface area contributed by atoms with E-state index in [1.165, 1.54) is 0 Å². The smallest absolute Gasteiger partial charge is 0.326 e. The predicted octanol–water partition coefficient (Wildman–Crippen LogP) is 1.68. The van der Waals surface area contributed by atoms with Gasteiger partial charge in [-0.1, -0.05) is 5.92 Å². The highest BCUT2D eigenvalue weighted by Gasteiger charge is 2.29. The molecule has 0 spiro atoms. The Labute approximate surface area is 211 Å². The van der Waals surface area contributed by atoms with Crippen molar-refractivity contribution in [2.24, 2.45) is 0 Å². The second-order valence-electron chi connectivity index (χ2n) is 8.75. The van der Waals surface area contributed by atoms with Crippen LogP contribution in [0.15, 0.2) is 41.2 Å². The summed E-state index contributed by atoms with van der Waals surface area (Å²) in [4.78, 5) is 56.0. The molecule has 0 radical (unpaired) electrons. The Balaban J connectivity index is 1.58. The zero-order valence-electron chi connectivity index (χ0n) is 19.7. The number of H-pyrrole nitrogens is 1. The molecule has 11 nitrogen and oxygen atoms in total. The number of hydrogen-bond donors (Lipinski definition) is 5. The molecule has 3 aromatic rings. The highest BCUT2D eigenvalue weighted by Crippen LogP contribution is 2.39. The molecule has 6 N–H and O–H groups in total. The van der Waals surface area contributed by atoms with Crippen molar-refractivity contribution < 1.29 is 24.6 Å². The average molecular weight is 504 g/mol. The van der Waals surface area contributed by atoms with Crippen LogP contribution in [0.5, 0.6) is 0 Å². The number of amides is 1. The third-order valence-electron chi connectivity index (χ3n) is 6.38. The van der Waals surface area contributed by atoms with Gasteiger partial charge in [-0.05, 0) is 66.8 Å². The molecule has 11 heteroatoms. The number of carbonyl (C=O) groups is 3. The summed E-state index contributed by atoms with van der Waals surface area (Å²) < 4.78 is 0. The monoisotopic (exact) mass is 503 g/mol. The van der Waals surface area contributed by atoms with Gasteiger partial charge in [-0.15, -0.1) is 6.42 Å². The molecule has 37 heavy (non-hydrogen) atoms. The number of carboxylic acids is 2. The molecule has 0 bridgehead atoms. The number of rotatable bonds is 9. The van der Waals surface area contributed by atoms with Crippen molar-refractivity contribution in [3.8, 4) is 12.3 Å². The van der Waals surface area contributed by atoms with Crippen molar-refractivity contribution >= 4 is 40.4 Å². The van der Waals surface area contributed by atoms with Gasteiger partial charge in [0.1, 0.15) is 6.04 Å². The first-order valence-electron chi connectivity index (χ1n) is 11.6. The normalized spacial score (nSPS) is 14.9. The molecule has 4 rings (SSSR count). The number of aromatic amines is 1. The molecule has 1 aliphatic carbocycles. The van der Waals surface area contributed by atoms with Crippen molar-refractivity contribution in [3.05, 3.63) is 63.4 Å². The van der Waals surface area contributed by atoms with E-state index in [-0.39, 0.29) is 42.5 Å². The number of terminal acetylenes is 1. The van der Waals surface area contributed by atoms with Crippen molar-refractivity contribution in [3.63, 3.8) is 0 Å². The summed E-state index contributed by atoms with van der Waals surface area (Å²) in [6, 6.07) is 8.80. The van der Waals surface area contributed by atoms with E-state index in [2.05, 4.69) is 21.2 Å². The fourth-order valence-electron chi connectivity index (χ4n) is 4.61. The van der Waals surface area contributed by atoms with E-state index in [0.29, 0.717) is 10.9 Å². The first kappa shape index (κ1) is 25.2. The van der Waals surface area contributed by atoms with Crippen molar-refractivity contribution in [1.29, 1.82) is 0 Å². The average Bonchev–Trinajstić information content (AvgIpc) is 3.26. The summed E-state index contributed by atoms with van der Waals surface area (Å²) in [5.41, 5.74) is 8.87. The van der Waals surface area contributed by atoms with Crippen LogP contribution in [-0.4, -0.2) is 50.6 Å². The lowest BCUT2D eigenvalue weighted by Gasteiger charge is -2.30. The van der Waals surface area contributed by atoms with Gasteiger partial charge in [0.2, 0.25) is 5.95 Å². The quantitative estimate of drug-likeness (QED) is 0.272. The van der Waals surface area contributed by atoms with Gasteiger partial charge in [-0.3, -0.25) is 19.4 Å². The third kappa shape index (κ3) is 5.38. The van der Waals surface area contributed by atoms with Crippen LogP contribution in [0.1, 0.15) is 46.8 Å². The van der Waals surface area contributed by atoms with Crippen LogP contribution < -0.4 is 21.5 Å². The Morgan fingerprint density at radius 2 is 1.97 bits per heavy atom. The number of fused-ring (bicyclic) bond motifs is 2. The lowest BCUT2D eigenvalue weighted by Crippen LogP contribution is -2.41. The zero-order chi connectivity index (χ0) is 26.7. The van der Waals surface area contributed by atoms with E-state index in [1.807, 2.05) is 17.0 Å². The van der Waals surface area contributed by atoms with Crippen LogP contribution in [0, 0.1) is 12.3 Å². The van der Waals surface area contributed by atoms with Crippen molar-refractivity contribution in [2.45, 2.75) is 37.8 Å². The van der Waals surface area contributed by atoms with Gasteiger partial charge in [0.25, 0.3) is 11.5 Å². The van der Waals surface area contributed by atoms with Crippen LogP contribution in [0.3, 0.4) is 0 Å². The molecule has 1 heterocycles. The molecule has 1 aromatic heterocycles. The van der Waals surface area contributed by atoms with Crippen LogP contribution in [0.4, 0.5) is 11.6 Å². The molecule has 0 saturated carbocycles. The fourth-order valence-corrected chi connectivity index (χ4v) is 4.61. The Morgan fingerprint density at radius 1 is 1.24 bits per heavy atom. The largest absolute Gasteiger partial charge is 0.481 e. The number of hydrogen-bond acceptors (Lipinski definition) is 7. The minimum absolute atomic E-state index is 0.0571. The van der Waals surface area contributed by atoms with Gasteiger partial charge in [-0.25, -0.2) is 9.78 Å². The zero-order valence-corrected chi connectivity index (χ0v) is 19.7. The number of aryl methyl sites for hydroxylation is 1. The number of anilines is 2. The van der Waals surface area contributed by atoms with E-state index >= 15 is 0 Å². The van der Waals surface area contributed by atoms with Crippen LogP contribution in [-0.2, 0) is 16.0 Å². The summed E-state index contributed by atoms with van der Waals surface area (Å²) in [5.74, 6) is -0.363. The Kier molecular flexibility index (Phi) is 7.11. The first-order valence-corrected chi connectivity index (χ1v) is 11.6. The number of nitrogens with one attached hydrogen (secondary N) is 2. The number of carboxylic acid groups (broad SMARTS) is 2. The Hall–Kier alpha value is -4.85. The van der Waals surface area contributed by atoms with Crippen LogP contribution in [0.2, 0.25) is 0 Å². The molecule has 1 unspecified atom stereocenters. The van der Waals surface area contributed by atoms with E-state index < -0.39 is 23.9 Å². The van der Waals surface area contributed by atoms with E-state index in [1.54, 1.807) is 24.3 Å².